The van der Waals surface area contributed by atoms with Gasteiger partial charge in [0.05, 0.1) is 31.8 Å². The molecule has 7 N–H and O–H groups in total. The minimum atomic E-state index is -1.11. The molecule has 0 unspecified atom stereocenters. The van der Waals surface area contributed by atoms with E-state index < -0.39 is 64.0 Å². The molecule has 182 valence electrons. The Morgan fingerprint density at radius 3 is 0.633 bits per heavy atom. The number of aliphatic hydroxyl groups excluding tert-OH is 4. The summed E-state index contributed by atoms with van der Waals surface area (Å²) in [6.07, 6.45) is 0. The molecule has 30 heavy (non-hydrogen) atoms. The molecule has 0 aromatic rings. The van der Waals surface area contributed by atoms with E-state index in [2.05, 4.69) is 37.9 Å². The van der Waals surface area contributed by atoms with Crippen LogP contribution in [0.25, 0.3) is 0 Å². The van der Waals surface area contributed by atoms with Crippen LogP contribution in [0.15, 0.2) is 0 Å². The Bertz CT molecular complexity index is 427. The van der Waals surface area contributed by atoms with Crippen molar-refractivity contribution in [2.75, 3.05) is 26.4 Å². The van der Waals surface area contributed by atoms with Crippen LogP contribution in [0, 0.1) is 5.41 Å². The predicted octanol–water partition coefficient (Wildman–Crippen LogP) is 0.280. The van der Waals surface area contributed by atoms with Crippen LogP contribution in [0.2, 0.25) is 0 Å². The van der Waals surface area contributed by atoms with Crippen LogP contribution in [-0.4, -0.2) is 94.3 Å². The predicted molar refractivity (Wildman–Crippen MR) is 123 cm³/mol. The zero-order valence-electron chi connectivity index (χ0n) is 18.0. The minimum absolute atomic E-state index is 0.406. The van der Waals surface area contributed by atoms with Crippen molar-refractivity contribution < 1.29 is 50.1 Å². The first-order valence-electron chi connectivity index (χ1n) is 8.38. The number of carbonyl (C=O) groups is 3. The number of hydrogen-bond acceptors (Lipinski definition) is 10. The quantitative estimate of drug-likeness (QED) is 0.219. The maximum absolute atomic E-state index is 9.94. The number of hydrogen-bond donors (Lipinski definition) is 10. The second-order valence-electron chi connectivity index (χ2n) is 7.72. The normalized spacial score (nSPS) is 11.5. The third-order valence-corrected chi connectivity index (χ3v) is 3.49. The molecule has 0 saturated carbocycles. The molecule has 0 aromatic carbocycles. The number of carboxylic acid groups (broad SMARTS) is 3. The molecule has 0 rings (SSSR count). The highest BCUT2D eigenvalue weighted by molar-refractivity contribution is 7.83. The summed E-state index contributed by atoms with van der Waals surface area (Å²) < 4.78 is -2.67. The smallest absolute Gasteiger partial charge is 0.318 e. The highest BCUT2D eigenvalue weighted by Gasteiger charge is 2.26. The first kappa shape index (κ1) is 36.7. The molecule has 0 aliphatic rings. The molecule has 0 atom stereocenters. The second-order valence-corrected chi connectivity index (χ2v) is 11.1. The third kappa shape index (κ3) is 22.0. The van der Waals surface area contributed by atoms with Crippen LogP contribution in [-0.2, 0) is 14.4 Å². The van der Waals surface area contributed by atoms with E-state index in [-0.39, 0.29) is 0 Å². The van der Waals surface area contributed by atoms with Crippen LogP contribution in [0.1, 0.15) is 41.5 Å². The Hall–Kier alpha value is -0.700. The number of thiol groups is 3. The van der Waals surface area contributed by atoms with Gasteiger partial charge in [0, 0.05) is 0 Å². The second kappa shape index (κ2) is 16.0. The molecule has 0 aliphatic carbocycles. The van der Waals surface area contributed by atoms with E-state index in [0.29, 0.717) is 0 Å². The van der Waals surface area contributed by atoms with Gasteiger partial charge in [-0.3, -0.25) is 14.4 Å². The topological polar surface area (TPSA) is 193 Å². The average Bonchev–Trinajstić information content (AvgIpc) is 2.56. The lowest BCUT2D eigenvalue weighted by Gasteiger charge is -2.23. The van der Waals surface area contributed by atoms with Crippen molar-refractivity contribution in [1.82, 2.24) is 0 Å². The molecule has 0 fully saturated rings. The maximum Gasteiger partial charge on any atom is 0.318 e. The highest BCUT2D eigenvalue weighted by atomic mass is 32.1. The lowest BCUT2D eigenvalue weighted by atomic mass is 9.93. The van der Waals surface area contributed by atoms with Gasteiger partial charge in [-0.2, -0.15) is 37.9 Å². The first-order chi connectivity index (χ1) is 13.1. The van der Waals surface area contributed by atoms with Crippen molar-refractivity contribution in [3.63, 3.8) is 0 Å². The van der Waals surface area contributed by atoms with Gasteiger partial charge in [-0.25, -0.2) is 0 Å². The summed E-state index contributed by atoms with van der Waals surface area (Å²) in [5, 5.41) is 58.5. The molecule has 13 heteroatoms. The van der Waals surface area contributed by atoms with E-state index in [1.165, 1.54) is 41.5 Å². The van der Waals surface area contributed by atoms with E-state index in [1.807, 2.05) is 0 Å². The molecule has 0 heterocycles. The zero-order valence-corrected chi connectivity index (χ0v) is 20.7. The fourth-order valence-electron chi connectivity index (χ4n) is 0.300. The van der Waals surface area contributed by atoms with Gasteiger partial charge in [-0.05, 0) is 41.5 Å². The van der Waals surface area contributed by atoms with Gasteiger partial charge in [0.25, 0.3) is 0 Å². The van der Waals surface area contributed by atoms with Crippen molar-refractivity contribution in [2.45, 2.75) is 55.8 Å². The summed E-state index contributed by atoms with van der Waals surface area (Å²) in [4.78, 5) is 29.8. The van der Waals surface area contributed by atoms with Crippen molar-refractivity contribution in [3.8, 4) is 0 Å². The molecule has 0 radical (unpaired) electrons. The van der Waals surface area contributed by atoms with Gasteiger partial charge in [-0.1, -0.05) is 0 Å². The monoisotopic (exact) mass is 496 g/mol. The van der Waals surface area contributed by atoms with Crippen LogP contribution in [0.4, 0.5) is 0 Å². The highest BCUT2D eigenvalue weighted by Crippen LogP contribution is 2.12. The van der Waals surface area contributed by atoms with Crippen molar-refractivity contribution in [1.29, 1.82) is 0 Å². The molecule has 0 bridgehead atoms. The van der Waals surface area contributed by atoms with E-state index in [4.69, 9.17) is 35.7 Å². The molecule has 0 aliphatic heterocycles. The number of carboxylic acids is 3. The van der Waals surface area contributed by atoms with E-state index in [9.17, 15) is 14.4 Å². The largest absolute Gasteiger partial charge is 0.480 e. The standard InChI is InChI=1S/C5H12O4.3C4H8O2S/c6-1-5(2-7,3-8)4-9;3*1-4(2,7)3(5)6/h6-9H,1-4H2;3*7H,1-2H3,(H,5,6). The lowest BCUT2D eigenvalue weighted by Crippen LogP contribution is -2.37. The van der Waals surface area contributed by atoms with Gasteiger partial charge in [0.15, 0.2) is 0 Å². The Balaban J connectivity index is -0.000000151. The van der Waals surface area contributed by atoms with E-state index in [1.54, 1.807) is 0 Å². The Morgan fingerprint density at radius 1 is 0.533 bits per heavy atom. The Kier molecular flexibility index (Phi) is 19.6. The number of aliphatic carboxylic acids is 3. The molecular weight excluding hydrogens is 460 g/mol. The Labute approximate surface area is 193 Å². The lowest BCUT2D eigenvalue weighted by molar-refractivity contribution is -0.139. The van der Waals surface area contributed by atoms with Gasteiger partial charge in [0.1, 0.15) is 14.2 Å². The molecular formula is C17H36O10S3. The number of aliphatic hydroxyl groups is 4. The molecule has 0 amide bonds. The molecule has 10 nitrogen and oxygen atoms in total. The number of rotatable bonds is 7. The van der Waals surface area contributed by atoms with Crippen LogP contribution < -0.4 is 0 Å². The summed E-state index contributed by atoms with van der Waals surface area (Å²) >= 11 is 11.2. The summed E-state index contributed by atoms with van der Waals surface area (Å²) in [5.41, 5.74) is -1.11. The fraction of sp³-hybridized carbons (Fsp3) is 0.824. The van der Waals surface area contributed by atoms with E-state index in [0.717, 1.165) is 0 Å². The Morgan fingerprint density at radius 2 is 0.633 bits per heavy atom. The first-order valence-corrected chi connectivity index (χ1v) is 9.72. The summed E-state index contributed by atoms with van der Waals surface area (Å²) in [5.74, 6) is -2.68. The van der Waals surface area contributed by atoms with Crippen LogP contribution in [0.5, 0.6) is 0 Å². The summed E-state index contributed by atoms with van der Waals surface area (Å²) in [6.45, 7) is 7.53. The van der Waals surface area contributed by atoms with Crippen LogP contribution >= 0.6 is 37.9 Å². The molecule has 0 aromatic heterocycles. The van der Waals surface area contributed by atoms with Gasteiger partial charge in [-0.15, -0.1) is 0 Å². The minimum Gasteiger partial charge on any atom is -0.480 e. The maximum atomic E-state index is 9.94. The van der Waals surface area contributed by atoms with Crippen LogP contribution in [0.3, 0.4) is 0 Å². The van der Waals surface area contributed by atoms with Gasteiger partial charge < -0.3 is 35.7 Å². The summed E-state index contributed by atoms with van der Waals surface area (Å²) in [6, 6.07) is 0. The van der Waals surface area contributed by atoms with Crippen molar-refractivity contribution >= 4 is 55.8 Å². The summed E-state index contributed by atoms with van der Waals surface area (Å²) in [7, 11) is 0. The van der Waals surface area contributed by atoms with Crippen molar-refractivity contribution in [3.05, 3.63) is 0 Å². The van der Waals surface area contributed by atoms with Gasteiger partial charge in [0.2, 0.25) is 0 Å². The fourth-order valence-corrected chi connectivity index (χ4v) is 0.300. The third-order valence-electron chi connectivity index (χ3n) is 2.91. The zero-order chi connectivity index (χ0) is 25.6. The van der Waals surface area contributed by atoms with E-state index >= 15 is 0 Å². The van der Waals surface area contributed by atoms with Crippen molar-refractivity contribution in [2.24, 2.45) is 5.41 Å². The average molecular weight is 497 g/mol. The molecule has 0 spiro atoms. The SMILES string of the molecule is CC(C)(S)C(=O)O.CC(C)(S)C(=O)O.CC(C)(S)C(=O)O.OCC(CO)(CO)CO. The molecule has 0 saturated heterocycles. The van der Waals surface area contributed by atoms with Gasteiger partial charge >= 0.3 is 17.9 Å².